The van der Waals surface area contributed by atoms with E-state index in [1.54, 1.807) is 0 Å². The molecule has 0 saturated heterocycles. The largest absolute Gasteiger partial charge is 0.456 e. The molecule has 0 atom stereocenters. The van der Waals surface area contributed by atoms with Gasteiger partial charge in [-0.1, -0.05) is 135 Å². The highest BCUT2D eigenvalue weighted by molar-refractivity contribution is 6.08. The molecule has 254 valence electrons. The zero-order valence-corrected chi connectivity index (χ0v) is 30.0. The van der Waals surface area contributed by atoms with Crippen molar-refractivity contribution < 1.29 is 4.42 Å². The first-order chi connectivity index (χ1) is 26.5. The van der Waals surface area contributed by atoms with Crippen LogP contribution < -0.4 is 0 Å². The summed E-state index contributed by atoms with van der Waals surface area (Å²) in [5, 5.41) is 7.04. The van der Waals surface area contributed by atoms with Crippen molar-refractivity contribution in [1.82, 2.24) is 9.97 Å². The lowest BCUT2D eigenvalue weighted by Crippen LogP contribution is -2.16. The van der Waals surface area contributed by atoms with E-state index in [1.165, 1.54) is 49.5 Å². The van der Waals surface area contributed by atoms with Gasteiger partial charge in [-0.15, -0.1) is 0 Å². The van der Waals surface area contributed by atoms with E-state index in [9.17, 15) is 0 Å². The fourth-order valence-electron chi connectivity index (χ4n) is 8.88. The highest BCUT2D eigenvalue weighted by Crippen LogP contribution is 2.54. The molecule has 2 heterocycles. The van der Waals surface area contributed by atoms with Gasteiger partial charge in [0.15, 0.2) is 5.82 Å². The maximum Gasteiger partial charge on any atom is 0.161 e. The number of aromatic nitrogens is 2. The molecule has 10 aromatic rings. The number of para-hydroxylation sites is 1. The smallest absolute Gasteiger partial charge is 0.161 e. The van der Waals surface area contributed by atoms with Crippen LogP contribution in [0.5, 0.6) is 0 Å². The molecule has 0 unspecified atom stereocenters. The van der Waals surface area contributed by atoms with Crippen molar-refractivity contribution in [1.29, 1.82) is 0 Å². The molecule has 0 radical (unpaired) electrons. The van der Waals surface area contributed by atoms with Crippen molar-refractivity contribution in [3.8, 4) is 56.2 Å². The third kappa shape index (κ3) is 4.61. The molecule has 0 N–H and O–H groups in total. The third-order valence-electron chi connectivity index (χ3n) is 11.5. The molecule has 11 rings (SSSR count). The molecule has 2 aromatic heterocycles. The topological polar surface area (TPSA) is 38.9 Å². The predicted octanol–water partition coefficient (Wildman–Crippen LogP) is 13.7. The number of hydrogen-bond donors (Lipinski definition) is 0. The molecule has 8 aromatic carbocycles. The number of hydrogen-bond acceptors (Lipinski definition) is 3. The van der Waals surface area contributed by atoms with Crippen LogP contribution in [0.15, 0.2) is 174 Å². The summed E-state index contributed by atoms with van der Waals surface area (Å²) in [5.41, 5.74) is 14.3. The van der Waals surface area contributed by atoms with Crippen LogP contribution in [0, 0.1) is 0 Å². The summed E-state index contributed by atoms with van der Waals surface area (Å²) in [6, 6.07) is 60.6. The van der Waals surface area contributed by atoms with Crippen LogP contribution in [-0.4, -0.2) is 9.97 Å². The summed E-state index contributed by atoms with van der Waals surface area (Å²) in [6.45, 7) is 4.75. The third-order valence-corrected chi connectivity index (χ3v) is 11.5. The summed E-state index contributed by atoms with van der Waals surface area (Å²) in [6.07, 6.45) is 0. The fraction of sp³-hybridized carbons (Fsp3) is 0.0588. The Labute approximate surface area is 313 Å². The quantitative estimate of drug-likeness (QED) is 0.184. The maximum absolute atomic E-state index is 6.17. The van der Waals surface area contributed by atoms with E-state index in [1.807, 2.05) is 18.2 Å². The molecular weight excluding hydrogens is 657 g/mol. The summed E-state index contributed by atoms with van der Waals surface area (Å²) < 4.78 is 6.17. The summed E-state index contributed by atoms with van der Waals surface area (Å²) >= 11 is 0. The lowest BCUT2D eigenvalue weighted by molar-refractivity contribution is 0.663. The van der Waals surface area contributed by atoms with E-state index in [-0.39, 0.29) is 5.41 Å². The summed E-state index contributed by atoms with van der Waals surface area (Å²) in [4.78, 5) is 10.6. The van der Waals surface area contributed by atoms with Gasteiger partial charge >= 0.3 is 0 Å². The Morgan fingerprint density at radius 1 is 0.407 bits per heavy atom. The first-order valence-corrected chi connectivity index (χ1v) is 18.6. The number of fused-ring (bicyclic) bond motifs is 8. The lowest BCUT2D eigenvalue weighted by atomic mass is 9.78. The van der Waals surface area contributed by atoms with E-state index < -0.39 is 0 Å². The Hall–Kier alpha value is -6.84. The molecule has 1 aliphatic rings. The fourth-order valence-corrected chi connectivity index (χ4v) is 8.88. The first kappa shape index (κ1) is 30.8. The standard InChI is InChI=1S/C51H34N2O/c1-51(2)44-29-33-16-7-6-15-32(33)27-42(44)40-21-12-20-39(49(40)51)37-24-25-41(36-18-9-8-17-35(36)37)50-52-45(31-13-4-3-5-14-31)30-46(53-50)34-23-26-48-43(28-34)38-19-10-11-22-47(38)54-48/h3-30H,1-2H3. The summed E-state index contributed by atoms with van der Waals surface area (Å²) in [5.74, 6) is 0.698. The molecule has 1 aliphatic carbocycles. The van der Waals surface area contributed by atoms with Gasteiger partial charge in [0, 0.05) is 32.9 Å². The number of benzene rings is 8. The van der Waals surface area contributed by atoms with Gasteiger partial charge < -0.3 is 4.42 Å². The minimum Gasteiger partial charge on any atom is -0.456 e. The first-order valence-electron chi connectivity index (χ1n) is 18.6. The molecular formula is C51H34N2O. The number of rotatable bonds is 4. The van der Waals surface area contributed by atoms with Gasteiger partial charge in [-0.2, -0.15) is 0 Å². The van der Waals surface area contributed by atoms with E-state index in [2.05, 4.69) is 166 Å². The van der Waals surface area contributed by atoms with Gasteiger partial charge in [-0.3, -0.25) is 0 Å². The maximum atomic E-state index is 6.17. The molecule has 0 bridgehead atoms. The van der Waals surface area contributed by atoms with Crippen molar-refractivity contribution in [3.05, 3.63) is 181 Å². The molecule has 3 heteroatoms. The van der Waals surface area contributed by atoms with Crippen LogP contribution in [0.3, 0.4) is 0 Å². The lowest BCUT2D eigenvalue weighted by Gasteiger charge is -2.25. The second-order valence-corrected chi connectivity index (χ2v) is 14.9. The van der Waals surface area contributed by atoms with E-state index >= 15 is 0 Å². The van der Waals surface area contributed by atoms with Gasteiger partial charge in [0.1, 0.15) is 11.2 Å². The van der Waals surface area contributed by atoms with Crippen LogP contribution in [0.2, 0.25) is 0 Å². The Morgan fingerprint density at radius 3 is 1.81 bits per heavy atom. The molecule has 0 spiro atoms. The SMILES string of the molecule is CC1(C)c2cc3ccccc3cc2-c2cccc(-c3ccc(-c4nc(-c5ccccc5)cc(-c5ccc6oc7ccccc7c6c5)n4)c4ccccc34)c21. The van der Waals surface area contributed by atoms with Crippen LogP contribution in [0.25, 0.3) is 99.6 Å². The minimum absolute atomic E-state index is 0.172. The van der Waals surface area contributed by atoms with Gasteiger partial charge in [0.25, 0.3) is 0 Å². The van der Waals surface area contributed by atoms with Crippen molar-refractivity contribution in [2.24, 2.45) is 0 Å². The van der Waals surface area contributed by atoms with Crippen molar-refractivity contribution in [2.75, 3.05) is 0 Å². The Morgan fingerprint density at radius 2 is 1.02 bits per heavy atom. The molecule has 3 nitrogen and oxygen atoms in total. The van der Waals surface area contributed by atoms with E-state index in [4.69, 9.17) is 14.4 Å². The van der Waals surface area contributed by atoms with Gasteiger partial charge in [0.05, 0.1) is 11.4 Å². The monoisotopic (exact) mass is 690 g/mol. The highest BCUT2D eigenvalue weighted by Gasteiger charge is 2.38. The zero-order valence-electron chi connectivity index (χ0n) is 30.0. The summed E-state index contributed by atoms with van der Waals surface area (Å²) in [7, 11) is 0. The Balaban J connectivity index is 1.10. The normalized spacial score (nSPS) is 13.1. The van der Waals surface area contributed by atoms with Crippen molar-refractivity contribution in [2.45, 2.75) is 19.3 Å². The van der Waals surface area contributed by atoms with Gasteiger partial charge in [-0.25, -0.2) is 9.97 Å². The average Bonchev–Trinajstić information content (AvgIpc) is 3.71. The van der Waals surface area contributed by atoms with Crippen LogP contribution >= 0.6 is 0 Å². The molecule has 54 heavy (non-hydrogen) atoms. The highest BCUT2D eigenvalue weighted by atomic mass is 16.3. The second-order valence-electron chi connectivity index (χ2n) is 14.9. The molecule has 0 fully saturated rings. The second kappa shape index (κ2) is 11.6. The average molecular weight is 691 g/mol. The molecule has 0 amide bonds. The Kier molecular flexibility index (Phi) is 6.60. The van der Waals surface area contributed by atoms with Crippen LogP contribution in [0.1, 0.15) is 25.0 Å². The minimum atomic E-state index is -0.172. The molecule has 0 saturated carbocycles. The van der Waals surface area contributed by atoms with Crippen molar-refractivity contribution in [3.63, 3.8) is 0 Å². The zero-order chi connectivity index (χ0) is 36.0. The van der Waals surface area contributed by atoms with E-state index in [0.717, 1.165) is 55.4 Å². The van der Waals surface area contributed by atoms with Gasteiger partial charge in [-0.05, 0) is 103 Å². The van der Waals surface area contributed by atoms with Crippen LogP contribution in [-0.2, 0) is 5.41 Å². The number of nitrogens with zero attached hydrogens (tertiary/aromatic N) is 2. The van der Waals surface area contributed by atoms with E-state index in [0.29, 0.717) is 5.82 Å². The predicted molar refractivity (Wildman–Crippen MR) is 224 cm³/mol. The van der Waals surface area contributed by atoms with Crippen LogP contribution in [0.4, 0.5) is 0 Å². The molecule has 0 aliphatic heterocycles. The number of furan rings is 1. The Bertz CT molecular complexity index is 3130. The van der Waals surface area contributed by atoms with Gasteiger partial charge in [0.2, 0.25) is 0 Å². The van der Waals surface area contributed by atoms with Crippen molar-refractivity contribution >= 4 is 43.5 Å².